The minimum Gasteiger partial charge on any atom is -0.361 e. The van der Waals surface area contributed by atoms with Crippen LogP contribution in [0.15, 0.2) is 33.3 Å². The summed E-state index contributed by atoms with van der Waals surface area (Å²) in [5.41, 5.74) is 9.60. The first-order valence-corrected chi connectivity index (χ1v) is 7.21. The maximum absolute atomic E-state index is 5.59. The third-order valence-electron chi connectivity index (χ3n) is 3.69. The normalized spacial score (nSPS) is 10.6. The van der Waals surface area contributed by atoms with E-state index < -0.39 is 0 Å². The third kappa shape index (κ3) is 3.78. The highest BCUT2D eigenvalue weighted by atomic mass is 35.5. The average Bonchev–Trinajstić information content (AvgIpc) is 3.13. The largest absolute Gasteiger partial charge is 0.361 e. The predicted molar refractivity (Wildman–Crippen MR) is 88.3 cm³/mol. The van der Waals surface area contributed by atoms with Crippen LogP contribution in [-0.2, 0) is 19.4 Å². The molecule has 7 heteroatoms. The van der Waals surface area contributed by atoms with Gasteiger partial charge < -0.3 is 14.8 Å². The zero-order valence-corrected chi connectivity index (χ0v) is 13.9. The maximum atomic E-state index is 5.59. The number of rotatable bonds is 5. The van der Waals surface area contributed by atoms with Crippen LogP contribution in [0.25, 0.3) is 11.4 Å². The topological polar surface area (TPSA) is 91.0 Å². The fourth-order valence-electron chi connectivity index (χ4n) is 2.35. The molecular weight excluding hydrogens is 316 g/mol. The van der Waals surface area contributed by atoms with Crippen LogP contribution in [0.3, 0.4) is 0 Å². The fourth-order valence-corrected chi connectivity index (χ4v) is 2.35. The molecule has 0 aliphatic carbocycles. The number of aromatic nitrogens is 3. The number of hydrogen-bond donors (Lipinski definition) is 1. The summed E-state index contributed by atoms with van der Waals surface area (Å²) in [6, 6.07) is 7.83. The summed E-state index contributed by atoms with van der Waals surface area (Å²) in [7, 11) is 0. The van der Waals surface area contributed by atoms with Crippen molar-refractivity contribution in [3.05, 3.63) is 52.7 Å². The third-order valence-corrected chi connectivity index (χ3v) is 3.69. The zero-order chi connectivity index (χ0) is 15.5. The van der Waals surface area contributed by atoms with Crippen LogP contribution in [0.5, 0.6) is 0 Å². The Labute approximate surface area is 140 Å². The second-order valence-corrected chi connectivity index (χ2v) is 5.22. The van der Waals surface area contributed by atoms with Crippen molar-refractivity contribution < 1.29 is 9.05 Å². The van der Waals surface area contributed by atoms with Crippen LogP contribution in [0.1, 0.15) is 28.5 Å². The molecule has 0 unspecified atom stereocenters. The summed E-state index contributed by atoms with van der Waals surface area (Å²) in [6.07, 6.45) is 1.44. The van der Waals surface area contributed by atoms with E-state index in [0.717, 1.165) is 34.6 Å². The molecule has 2 aromatic heterocycles. The predicted octanol–water partition coefficient (Wildman–Crippen LogP) is 3.01. The van der Waals surface area contributed by atoms with Gasteiger partial charge in [0.05, 0.1) is 5.69 Å². The lowest BCUT2D eigenvalue weighted by Crippen LogP contribution is -1.95. The zero-order valence-electron chi connectivity index (χ0n) is 13.1. The number of halogens is 1. The van der Waals surface area contributed by atoms with Crippen molar-refractivity contribution >= 4 is 12.4 Å². The van der Waals surface area contributed by atoms with Gasteiger partial charge in [-0.15, -0.1) is 12.4 Å². The molecule has 0 fully saturated rings. The van der Waals surface area contributed by atoms with Crippen molar-refractivity contribution in [2.45, 2.75) is 33.2 Å². The molecular formula is C16H19ClN4O2. The number of nitrogens with two attached hydrogens (primary N) is 1. The second-order valence-electron chi connectivity index (χ2n) is 5.22. The van der Waals surface area contributed by atoms with Gasteiger partial charge in [-0.2, -0.15) is 4.98 Å². The van der Waals surface area contributed by atoms with Gasteiger partial charge in [-0.3, -0.25) is 0 Å². The van der Waals surface area contributed by atoms with Gasteiger partial charge in [0.15, 0.2) is 0 Å². The molecule has 0 bridgehead atoms. The Hall–Kier alpha value is -2.18. The van der Waals surface area contributed by atoms with E-state index in [1.165, 1.54) is 0 Å². The van der Waals surface area contributed by atoms with E-state index in [0.29, 0.717) is 24.7 Å². The number of hydrogen-bond acceptors (Lipinski definition) is 6. The van der Waals surface area contributed by atoms with Crippen LogP contribution in [0, 0.1) is 13.8 Å². The van der Waals surface area contributed by atoms with E-state index in [-0.39, 0.29) is 12.4 Å². The van der Waals surface area contributed by atoms with E-state index in [1.54, 1.807) is 0 Å². The number of benzene rings is 1. The molecule has 0 amide bonds. The highest BCUT2D eigenvalue weighted by Crippen LogP contribution is 2.18. The summed E-state index contributed by atoms with van der Waals surface area (Å²) in [4.78, 5) is 4.43. The molecule has 122 valence electrons. The van der Waals surface area contributed by atoms with Crippen LogP contribution >= 0.6 is 12.4 Å². The first kappa shape index (κ1) is 17.2. The molecule has 2 N–H and O–H groups in total. The summed E-state index contributed by atoms with van der Waals surface area (Å²) < 4.78 is 10.5. The van der Waals surface area contributed by atoms with Crippen LogP contribution in [-0.4, -0.2) is 15.3 Å². The Morgan fingerprint density at radius 1 is 1.00 bits per heavy atom. The Morgan fingerprint density at radius 3 is 2.35 bits per heavy atom. The quantitative estimate of drug-likeness (QED) is 0.771. The summed E-state index contributed by atoms with van der Waals surface area (Å²) in [5.74, 6) is 2.05. The molecule has 23 heavy (non-hydrogen) atoms. The maximum Gasteiger partial charge on any atom is 0.227 e. The molecule has 6 nitrogen and oxygen atoms in total. The molecule has 2 heterocycles. The smallest absolute Gasteiger partial charge is 0.227 e. The molecule has 0 radical (unpaired) electrons. The summed E-state index contributed by atoms with van der Waals surface area (Å²) in [6.45, 7) is 4.37. The van der Waals surface area contributed by atoms with Crippen molar-refractivity contribution in [3.63, 3.8) is 0 Å². The Morgan fingerprint density at radius 2 is 1.74 bits per heavy atom. The van der Waals surface area contributed by atoms with E-state index >= 15 is 0 Å². The van der Waals surface area contributed by atoms with Gasteiger partial charge in [0, 0.05) is 24.1 Å². The minimum atomic E-state index is 0. The molecule has 3 rings (SSSR count). The Bertz CT molecular complexity index is 745. The lowest BCUT2D eigenvalue weighted by molar-refractivity contribution is 0.377. The molecule has 0 aliphatic heterocycles. The lowest BCUT2D eigenvalue weighted by Gasteiger charge is -1.97. The average molecular weight is 335 g/mol. The van der Waals surface area contributed by atoms with Crippen LogP contribution < -0.4 is 5.73 Å². The first-order chi connectivity index (χ1) is 10.7. The van der Waals surface area contributed by atoms with Gasteiger partial charge in [-0.05, 0) is 25.8 Å². The van der Waals surface area contributed by atoms with Crippen molar-refractivity contribution in [1.82, 2.24) is 15.3 Å². The molecule has 1 aromatic carbocycles. The van der Waals surface area contributed by atoms with E-state index in [2.05, 4.69) is 15.3 Å². The first-order valence-electron chi connectivity index (χ1n) is 7.21. The van der Waals surface area contributed by atoms with Crippen LogP contribution in [0.2, 0.25) is 0 Å². The highest BCUT2D eigenvalue weighted by molar-refractivity contribution is 5.85. The number of nitrogens with zero attached hydrogens (tertiary/aromatic N) is 3. The Kier molecular flexibility index (Phi) is 5.52. The van der Waals surface area contributed by atoms with Gasteiger partial charge in [-0.1, -0.05) is 34.6 Å². The molecule has 0 atom stereocenters. The van der Waals surface area contributed by atoms with Crippen molar-refractivity contribution in [2.24, 2.45) is 5.73 Å². The minimum absolute atomic E-state index is 0. The SMILES string of the molecule is Cc1noc(C)c1CCc1nc(-c2ccc(CN)cc2)no1.Cl. The Balaban J connectivity index is 0.00000192. The molecule has 0 spiro atoms. The van der Waals surface area contributed by atoms with Gasteiger partial charge in [-0.25, -0.2) is 0 Å². The van der Waals surface area contributed by atoms with E-state index in [1.807, 2.05) is 38.1 Å². The van der Waals surface area contributed by atoms with Gasteiger partial charge >= 0.3 is 0 Å². The van der Waals surface area contributed by atoms with Crippen molar-refractivity contribution in [2.75, 3.05) is 0 Å². The van der Waals surface area contributed by atoms with Crippen LogP contribution in [0.4, 0.5) is 0 Å². The monoisotopic (exact) mass is 334 g/mol. The fraction of sp³-hybridized carbons (Fsp3) is 0.312. The van der Waals surface area contributed by atoms with Crippen molar-refractivity contribution in [1.29, 1.82) is 0 Å². The van der Waals surface area contributed by atoms with Gasteiger partial charge in [0.1, 0.15) is 5.76 Å². The summed E-state index contributed by atoms with van der Waals surface area (Å²) >= 11 is 0. The molecule has 3 aromatic rings. The standard InChI is InChI=1S/C16H18N4O2.ClH/c1-10-14(11(2)21-19-10)7-8-15-18-16(20-22-15)13-5-3-12(9-17)4-6-13;/h3-6H,7-9,17H2,1-2H3;1H. The van der Waals surface area contributed by atoms with E-state index in [9.17, 15) is 0 Å². The van der Waals surface area contributed by atoms with Crippen molar-refractivity contribution in [3.8, 4) is 11.4 Å². The molecule has 0 saturated carbocycles. The lowest BCUT2D eigenvalue weighted by atomic mass is 10.1. The van der Waals surface area contributed by atoms with Gasteiger partial charge in [0.25, 0.3) is 0 Å². The highest BCUT2D eigenvalue weighted by Gasteiger charge is 2.13. The summed E-state index contributed by atoms with van der Waals surface area (Å²) in [5, 5.41) is 7.98. The molecule has 0 saturated heterocycles. The second kappa shape index (κ2) is 7.39. The molecule has 0 aliphatic rings. The van der Waals surface area contributed by atoms with Gasteiger partial charge in [0.2, 0.25) is 11.7 Å². The van der Waals surface area contributed by atoms with E-state index in [4.69, 9.17) is 14.8 Å². The number of aryl methyl sites for hydroxylation is 3.